The zero-order valence-electron chi connectivity index (χ0n) is 14.4. The van der Waals surface area contributed by atoms with E-state index in [2.05, 4.69) is 15.8 Å². The number of aryl methyl sites for hydroxylation is 1. The smallest absolute Gasteiger partial charge is 0.317 e. The number of hydrogen-bond donors (Lipinski definition) is 2. The van der Waals surface area contributed by atoms with Crippen LogP contribution in [0.25, 0.3) is 10.8 Å². The van der Waals surface area contributed by atoms with Crippen LogP contribution in [0.15, 0.2) is 71.8 Å². The van der Waals surface area contributed by atoms with E-state index in [0.29, 0.717) is 5.69 Å². The second kappa shape index (κ2) is 8.07. The monoisotopic (exact) mass is 345 g/mol. The Morgan fingerprint density at radius 2 is 1.65 bits per heavy atom. The van der Waals surface area contributed by atoms with Crippen molar-refractivity contribution in [2.75, 3.05) is 5.32 Å². The molecule has 5 heteroatoms. The highest BCUT2D eigenvalue weighted by atomic mass is 16.2. The third-order valence-corrected chi connectivity index (χ3v) is 4.05. The lowest BCUT2D eigenvalue weighted by molar-refractivity contribution is -0.136. The molecule has 0 bridgehead atoms. The van der Waals surface area contributed by atoms with E-state index in [1.807, 2.05) is 67.6 Å². The number of para-hydroxylation sites is 1. The molecule has 0 aliphatic rings. The third kappa shape index (κ3) is 3.95. The predicted octanol–water partition coefficient (Wildman–Crippen LogP) is 3.49. The standard InChI is InChI=1S/C21H19N3O2/c1-2-15-8-4-6-13-19(15)23-20(25)21(26)24-22-14-17-11-7-10-16-9-3-5-12-18(16)17/h3-14H,2H2,1H3,(H,23,25)(H,24,26)/b22-14-. The summed E-state index contributed by atoms with van der Waals surface area (Å²) < 4.78 is 0. The van der Waals surface area contributed by atoms with Gasteiger partial charge in [-0.3, -0.25) is 9.59 Å². The molecule has 26 heavy (non-hydrogen) atoms. The predicted molar refractivity (Wildman–Crippen MR) is 104 cm³/mol. The quantitative estimate of drug-likeness (QED) is 0.432. The Labute approximate surface area is 151 Å². The maximum absolute atomic E-state index is 12.0. The molecule has 0 atom stereocenters. The molecule has 2 amide bonds. The van der Waals surface area contributed by atoms with Gasteiger partial charge in [-0.25, -0.2) is 5.43 Å². The normalized spacial score (nSPS) is 10.8. The van der Waals surface area contributed by atoms with E-state index in [1.54, 1.807) is 6.07 Å². The molecular formula is C21H19N3O2. The number of hydrazone groups is 1. The summed E-state index contributed by atoms with van der Waals surface area (Å²) in [6.45, 7) is 1.99. The first kappa shape index (κ1) is 17.4. The molecule has 0 saturated carbocycles. The summed E-state index contributed by atoms with van der Waals surface area (Å²) >= 11 is 0. The van der Waals surface area contributed by atoms with Crippen molar-refractivity contribution >= 4 is 34.5 Å². The van der Waals surface area contributed by atoms with E-state index in [-0.39, 0.29) is 0 Å². The van der Waals surface area contributed by atoms with Gasteiger partial charge >= 0.3 is 11.8 Å². The molecule has 0 saturated heterocycles. The first-order valence-corrected chi connectivity index (χ1v) is 8.39. The van der Waals surface area contributed by atoms with E-state index in [0.717, 1.165) is 28.3 Å². The van der Waals surface area contributed by atoms with Gasteiger partial charge in [0.05, 0.1) is 6.21 Å². The molecule has 3 aromatic rings. The molecular weight excluding hydrogens is 326 g/mol. The molecule has 0 radical (unpaired) electrons. The zero-order chi connectivity index (χ0) is 18.4. The van der Waals surface area contributed by atoms with Crippen molar-refractivity contribution in [3.8, 4) is 0 Å². The molecule has 0 aliphatic heterocycles. The fourth-order valence-corrected chi connectivity index (χ4v) is 2.70. The van der Waals surface area contributed by atoms with Crippen LogP contribution in [-0.2, 0) is 16.0 Å². The van der Waals surface area contributed by atoms with Crippen molar-refractivity contribution < 1.29 is 9.59 Å². The number of anilines is 1. The van der Waals surface area contributed by atoms with Crippen molar-refractivity contribution in [1.29, 1.82) is 0 Å². The highest BCUT2D eigenvalue weighted by Gasteiger charge is 2.14. The summed E-state index contributed by atoms with van der Waals surface area (Å²) in [5.41, 5.74) is 4.73. The number of fused-ring (bicyclic) bond motifs is 1. The van der Waals surface area contributed by atoms with Crippen LogP contribution in [0.1, 0.15) is 18.1 Å². The van der Waals surface area contributed by atoms with Gasteiger partial charge in [0.2, 0.25) is 0 Å². The van der Waals surface area contributed by atoms with Crippen LogP contribution in [0.5, 0.6) is 0 Å². The van der Waals surface area contributed by atoms with Crippen LogP contribution >= 0.6 is 0 Å². The van der Waals surface area contributed by atoms with Crippen LogP contribution < -0.4 is 10.7 Å². The summed E-state index contributed by atoms with van der Waals surface area (Å²) in [6, 6.07) is 21.1. The Balaban J connectivity index is 1.66. The molecule has 0 heterocycles. The van der Waals surface area contributed by atoms with Crippen molar-refractivity contribution in [2.45, 2.75) is 13.3 Å². The summed E-state index contributed by atoms with van der Waals surface area (Å²) in [4.78, 5) is 24.0. The molecule has 130 valence electrons. The minimum atomic E-state index is -0.813. The summed E-state index contributed by atoms with van der Waals surface area (Å²) in [5, 5.41) is 8.63. The number of rotatable bonds is 4. The average molecular weight is 345 g/mol. The number of carbonyl (C=O) groups excluding carboxylic acids is 2. The fraction of sp³-hybridized carbons (Fsp3) is 0.0952. The van der Waals surface area contributed by atoms with Crippen LogP contribution in [0, 0.1) is 0 Å². The number of hydrogen-bond acceptors (Lipinski definition) is 3. The molecule has 0 aliphatic carbocycles. The largest absolute Gasteiger partial charge is 0.329 e. The van der Waals surface area contributed by atoms with Gasteiger partial charge in [-0.05, 0) is 28.8 Å². The van der Waals surface area contributed by atoms with Gasteiger partial charge in [-0.1, -0.05) is 67.6 Å². The van der Waals surface area contributed by atoms with Gasteiger partial charge in [-0.2, -0.15) is 5.10 Å². The Bertz CT molecular complexity index is 974. The van der Waals surface area contributed by atoms with Gasteiger partial charge < -0.3 is 5.32 Å². The minimum Gasteiger partial charge on any atom is -0.317 e. The van der Waals surface area contributed by atoms with E-state index in [9.17, 15) is 9.59 Å². The van der Waals surface area contributed by atoms with E-state index < -0.39 is 11.8 Å². The van der Waals surface area contributed by atoms with Crippen molar-refractivity contribution in [1.82, 2.24) is 5.43 Å². The molecule has 3 rings (SSSR count). The summed E-state index contributed by atoms with van der Waals surface area (Å²) in [6.07, 6.45) is 2.30. The van der Waals surface area contributed by atoms with Crippen LogP contribution in [0.2, 0.25) is 0 Å². The summed E-state index contributed by atoms with van der Waals surface area (Å²) in [5.74, 6) is -1.56. The van der Waals surface area contributed by atoms with Crippen molar-refractivity contribution in [2.24, 2.45) is 5.10 Å². The van der Waals surface area contributed by atoms with E-state index in [1.165, 1.54) is 6.21 Å². The van der Waals surface area contributed by atoms with Gasteiger partial charge in [0, 0.05) is 11.3 Å². The maximum atomic E-state index is 12.0. The third-order valence-electron chi connectivity index (χ3n) is 4.05. The molecule has 2 N–H and O–H groups in total. The van der Waals surface area contributed by atoms with E-state index >= 15 is 0 Å². The van der Waals surface area contributed by atoms with Gasteiger partial charge in [-0.15, -0.1) is 0 Å². The first-order valence-electron chi connectivity index (χ1n) is 8.39. The van der Waals surface area contributed by atoms with Crippen LogP contribution in [0.4, 0.5) is 5.69 Å². The van der Waals surface area contributed by atoms with Crippen molar-refractivity contribution in [3.63, 3.8) is 0 Å². The molecule has 0 unspecified atom stereocenters. The Hall–Kier alpha value is -3.47. The Kier molecular flexibility index (Phi) is 5.39. The average Bonchev–Trinajstić information content (AvgIpc) is 2.68. The Morgan fingerprint density at radius 3 is 2.50 bits per heavy atom. The second-order valence-corrected chi connectivity index (χ2v) is 5.73. The maximum Gasteiger partial charge on any atom is 0.329 e. The summed E-state index contributed by atoms with van der Waals surface area (Å²) in [7, 11) is 0. The number of carbonyl (C=O) groups is 2. The van der Waals surface area contributed by atoms with Gasteiger partial charge in [0.25, 0.3) is 0 Å². The number of nitrogens with one attached hydrogen (secondary N) is 2. The fourth-order valence-electron chi connectivity index (χ4n) is 2.70. The van der Waals surface area contributed by atoms with E-state index in [4.69, 9.17) is 0 Å². The second-order valence-electron chi connectivity index (χ2n) is 5.73. The van der Waals surface area contributed by atoms with Gasteiger partial charge in [0.1, 0.15) is 0 Å². The molecule has 5 nitrogen and oxygen atoms in total. The highest BCUT2D eigenvalue weighted by molar-refractivity contribution is 6.39. The topological polar surface area (TPSA) is 70.6 Å². The highest BCUT2D eigenvalue weighted by Crippen LogP contribution is 2.17. The lowest BCUT2D eigenvalue weighted by atomic mass is 10.1. The minimum absolute atomic E-state index is 0.633. The zero-order valence-corrected chi connectivity index (χ0v) is 14.4. The SMILES string of the molecule is CCc1ccccc1NC(=O)C(=O)N/N=C\c1cccc2ccccc12. The van der Waals surface area contributed by atoms with Gasteiger partial charge in [0.15, 0.2) is 0 Å². The van der Waals surface area contributed by atoms with Crippen molar-refractivity contribution in [3.05, 3.63) is 77.9 Å². The lowest BCUT2D eigenvalue weighted by Crippen LogP contribution is -2.32. The number of benzene rings is 3. The molecule has 0 spiro atoms. The molecule has 3 aromatic carbocycles. The Morgan fingerprint density at radius 1 is 0.923 bits per heavy atom. The lowest BCUT2D eigenvalue weighted by Gasteiger charge is -2.08. The van der Waals surface area contributed by atoms with Crippen LogP contribution in [0.3, 0.4) is 0 Å². The number of amides is 2. The molecule has 0 aromatic heterocycles. The number of nitrogens with zero attached hydrogens (tertiary/aromatic N) is 1. The van der Waals surface area contributed by atoms with Crippen LogP contribution in [-0.4, -0.2) is 18.0 Å². The molecule has 0 fully saturated rings. The first-order chi connectivity index (χ1) is 12.7.